The van der Waals surface area contributed by atoms with Crippen molar-refractivity contribution >= 4 is 21.9 Å². The van der Waals surface area contributed by atoms with Crippen molar-refractivity contribution in [2.24, 2.45) is 5.92 Å². The third-order valence-electron chi connectivity index (χ3n) is 3.60. The number of hydrogen-bond acceptors (Lipinski definition) is 5. The third kappa shape index (κ3) is 6.74. The molecule has 26 heavy (non-hydrogen) atoms. The molecule has 0 spiro atoms. The van der Waals surface area contributed by atoms with Crippen molar-refractivity contribution < 1.29 is 27.9 Å². The Morgan fingerprint density at radius 1 is 1.15 bits per heavy atom. The normalized spacial score (nSPS) is 14.0. The summed E-state index contributed by atoms with van der Waals surface area (Å²) >= 11 is 0. The number of amides is 1. The van der Waals surface area contributed by atoms with Crippen LogP contribution in [0.2, 0.25) is 0 Å². The molecular weight excluding hydrogens is 360 g/mol. The van der Waals surface area contributed by atoms with Crippen LogP contribution in [-0.4, -0.2) is 51.2 Å². The average molecular weight is 386 g/mol. The van der Waals surface area contributed by atoms with Crippen LogP contribution in [-0.2, 0) is 24.3 Å². The number of hydrogen-bond donors (Lipinski definition) is 3. The predicted molar refractivity (Wildman–Crippen MR) is 96.2 cm³/mol. The van der Waals surface area contributed by atoms with Crippen molar-refractivity contribution in [3.05, 3.63) is 29.8 Å². The average Bonchev–Trinajstić information content (AvgIpc) is 2.53. The summed E-state index contributed by atoms with van der Waals surface area (Å²) < 4.78 is 32.3. The predicted octanol–water partition coefficient (Wildman–Crippen LogP) is 0.904. The summed E-state index contributed by atoms with van der Waals surface area (Å²) in [6.45, 7) is 5.29. The van der Waals surface area contributed by atoms with Crippen LogP contribution in [0.1, 0.15) is 25.8 Å². The second-order valence-corrected chi connectivity index (χ2v) is 8.19. The number of carboxylic acid groups (broad SMARTS) is 1. The Kier molecular flexibility index (Phi) is 8.19. The zero-order valence-electron chi connectivity index (χ0n) is 15.4. The highest BCUT2D eigenvalue weighted by Gasteiger charge is 2.29. The Bertz CT molecular complexity index is 715. The number of benzene rings is 1. The molecule has 0 aliphatic heterocycles. The standard InChI is InChI=1S/C17H26N2O6S/c1-11(2)9-14(16(20)18-15(10-25-4)17(21)22)19-26(23,24)13-7-5-12(3)6-8-13/h5-8,11,14-15,19H,9-10H2,1-4H3,(H,18,20)(H,21,22). The van der Waals surface area contributed by atoms with E-state index in [4.69, 9.17) is 9.84 Å². The zero-order valence-corrected chi connectivity index (χ0v) is 16.2. The van der Waals surface area contributed by atoms with E-state index in [9.17, 15) is 18.0 Å². The molecule has 1 amide bonds. The maximum Gasteiger partial charge on any atom is 0.328 e. The van der Waals surface area contributed by atoms with Gasteiger partial charge in [-0.1, -0.05) is 31.5 Å². The summed E-state index contributed by atoms with van der Waals surface area (Å²) in [6.07, 6.45) is 0.218. The van der Waals surface area contributed by atoms with Gasteiger partial charge in [-0.2, -0.15) is 4.72 Å². The van der Waals surface area contributed by atoms with Crippen LogP contribution < -0.4 is 10.0 Å². The number of methoxy groups -OCH3 is 1. The van der Waals surface area contributed by atoms with Crippen LogP contribution >= 0.6 is 0 Å². The summed E-state index contributed by atoms with van der Waals surface area (Å²) in [6, 6.07) is 3.86. The van der Waals surface area contributed by atoms with Crippen molar-refractivity contribution in [3.8, 4) is 0 Å². The van der Waals surface area contributed by atoms with E-state index in [0.29, 0.717) is 0 Å². The first-order chi connectivity index (χ1) is 12.1. The summed E-state index contributed by atoms with van der Waals surface area (Å²) in [5, 5.41) is 11.4. The largest absolute Gasteiger partial charge is 0.480 e. The maximum atomic E-state index is 12.6. The molecule has 9 heteroatoms. The Balaban J connectivity index is 3.00. The van der Waals surface area contributed by atoms with Crippen LogP contribution in [0.3, 0.4) is 0 Å². The van der Waals surface area contributed by atoms with E-state index in [0.717, 1.165) is 5.56 Å². The zero-order chi connectivity index (χ0) is 19.9. The molecule has 0 bridgehead atoms. The fourth-order valence-electron chi connectivity index (χ4n) is 2.27. The lowest BCUT2D eigenvalue weighted by atomic mass is 10.0. The van der Waals surface area contributed by atoms with Crippen LogP contribution in [0.4, 0.5) is 0 Å². The molecule has 1 aromatic carbocycles. The smallest absolute Gasteiger partial charge is 0.328 e. The SMILES string of the molecule is COCC(NC(=O)C(CC(C)C)NS(=O)(=O)c1ccc(C)cc1)C(=O)O. The maximum absolute atomic E-state index is 12.6. The lowest BCUT2D eigenvalue weighted by molar-refractivity contribution is -0.143. The topological polar surface area (TPSA) is 122 Å². The van der Waals surface area contributed by atoms with Crippen molar-refractivity contribution in [1.82, 2.24) is 10.0 Å². The molecule has 1 rings (SSSR count). The fourth-order valence-corrected chi connectivity index (χ4v) is 3.47. The molecule has 2 atom stereocenters. The molecule has 8 nitrogen and oxygen atoms in total. The van der Waals surface area contributed by atoms with Gasteiger partial charge < -0.3 is 15.2 Å². The molecular formula is C17H26N2O6S. The van der Waals surface area contributed by atoms with E-state index in [1.54, 1.807) is 12.1 Å². The number of rotatable bonds is 10. The lowest BCUT2D eigenvalue weighted by Gasteiger charge is -2.22. The molecule has 2 unspecified atom stereocenters. The number of sulfonamides is 1. The number of aryl methyl sites for hydroxylation is 1. The van der Waals surface area contributed by atoms with Gasteiger partial charge in [0.25, 0.3) is 0 Å². The first-order valence-corrected chi connectivity index (χ1v) is 9.66. The molecule has 0 aliphatic carbocycles. The van der Waals surface area contributed by atoms with Crippen molar-refractivity contribution in [2.75, 3.05) is 13.7 Å². The van der Waals surface area contributed by atoms with Gasteiger partial charge in [-0.05, 0) is 31.4 Å². The van der Waals surface area contributed by atoms with Gasteiger partial charge in [0.1, 0.15) is 6.04 Å². The molecule has 3 N–H and O–H groups in total. The highest BCUT2D eigenvalue weighted by molar-refractivity contribution is 7.89. The fraction of sp³-hybridized carbons (Fsp3) is 0.529. The number of carboxylic acids is 1. The van der Waals surface area contributed by atoms with Crippen LogP contribution in [0.15, 0.2) is 29.2 Å². The van der Waals surface area contributed by atoms with Crippen LogP contribution in [0.5, 0.6) is 0 Å². The van der Waals surface area contributed by atoms with Gasteiger partial charge in [0.2, 0.25) is 15.9 Å². The molecule has 1 aromatic rings. The number of carbonyl (C=O) groups excluding carboxylic acids is 1. The van der Waals surface area contributed by atoms with Crippen molar-refractivity contribution in [2.45, 2.75) is 44.2 Å². The summed E-state index contributed by atoms with van der Waals surface area (Å²) in [5.74, 6) is -1.96. The minimum Gasteiger partial charge on any atom is -0.480 e. The summed E-state index contributed by atoms with van der Waals surface area (Å²) in [4.78, 5) is 23.7. The Labute approximate surface area is 154 Å². The van der Waals surface area contributed by atoms with Gasteiger partial charge in [0, 0.05) is 7.11 Å². The van der Waals surface area contributed by atoms with E-state index < -0.39 is 34.0 Å². The molecule has 0 aliphatic rings. The monoisotopic (exact) mass is 386 g/mol. The number of aliphatic carboxylic acids is 1. The summed E-state index contributed by atoms with van der Waals surface area (Å²) in [7, 11) is -2.61. The highest BCUT2D eigenvalue weighted by atomic mass is 32.2. The minimum atomic E-state index is -3.92. The van der Waals surface area contributed by atoms with Gasteiger partial charge in [0.05, 0.1) is 11.5 Å². The van der Waals surface area contributed by atoms with Gasteiger partial charge in [-0.25, -0.2) is 13.2 Å². The molecule has 0 fully saturated rings. The first kappa shape index (κ1) is 22.1. The second kappa shape index (κ2) is 9.65. The van der Waals surface area contributed by atoms with Crippen molar-refractivity contribution in [1.29, 1.82) is 0 Å². The van der Waals surface area contributed by atoms with E-state index in [1.165, 1.54) is 19.2 Å². The van der Waals surface area contributed by atoms with E-state index in [1.807, 2.05) is 20.8 Å². The molecule has 0 heterocycles. The molecule has 0 saturated heterocycles. The number of nitrogens with one attached hydrogen (secondary N) is 2. The lowest BCUT2D eigenvalue weighted by Crippen LogP contribution is -2.53. The highest BCUT2D eigenvalue weighted by Crippen LogP contribution is 2.13. The molecule has 0 aromatic heterocycles. The quantitative estimate of drug-likeness (QED) is 0.549. The van der Waals surface area contributed by atoms with E-state index in [2.05, 4.69) is 10.0 Å². The third-order valence-corrected chi connectivity index (χ3v) is 5.09. The van der Waals surface area contributed by atoms with Gasteiger partial charge in [-0.15, -0.1) is 0 Å². The Morgan fingerprint density at radius 2 is 1.73 bits per heavy atom. The number of ether oxygens (including phenoxy) is 1. The first-order valence-electron chi connectivity index (χ1n) is 8.18. The Morgan fingerprint density at radius 3 is 2.19 bits per heavy atom. The van der Waals surface area contributed by atoms with E-state index in [-0.39, 0.29) is 23.8 Å². The molecule has 146 valence electrons. The molecule has 0 radical (unpaired) electrons. The summed E-state index contributed by atoms with van der Waals surface area (Å²) in [5.41, 5.74) is 0.907. The van der Waals surface area contributed by atoms with Crippen molar-refractivity contribution in [3.63, 3.8) is 0 Å². The molecule has 0 saturated carbocycles. The van der Waals surface area contributed by atoms with Gasteiger partial charge >= 0.3 is 5.97 Å². The minimum absolute atomic E-state index is 0.0113. The second-order valence-electron chi connectivity index (χ2n) is 6.47. The van der Waals surface area contributed by atoms with Crippen LogP contribution in [0.25, 0.3) is 0 Å². The van der Waals surface area contributed by atoms with E-state index >= 15 is 0 Å². The Hall–Kier alpha value is -1.97. The van der Waals surface area contributed by atoms with Gasteiger partial charge in [-0.3, -0.25) is 4.79 Å². The number of carbonyl (C=O) groups is 2. The van der Waals surface area contributed by atoms with Crippen LogP contribution in [0, 0.1) is 12.8 Å². The van der Waals surface area contributed by atoms with Gasteiger partial charge in [0.15, 0.2) is 6.04 Å².